The van der Waals surface area contributed by atoms with Gasteiger partial charge in [-0.05, 0) is 77.5 Å². The van der Waals surface area contributed by atoms with Crippen LogP contribution in [0.4, 0.5) is 0 Å². The van der Waals surface area contributed by atoms with Crippen molar-refractivity contribution in [2.45, 2.75) is 90.4 Å². The Hall–Kier alpha value is -1.95. The van der Waals surface area contributed by atoms with Crippen molar-refractivity contribution >= 4 is 17.7 Å². The Morgan fingerprint density at radius 2 is 1.94 bits per heavy atom. The summed E-state index contributed by atoms with van der Waals surface area (Å²) in [6.45, 7) is 9.50. The molecule has 3 fully saturated rings. The summed E-state index contributed by atoms with van der Waals surface area (Å²) in [5, 5.41) is 12.4. The topological polar surface area (TPSA) is 89.9 Å². The Morgan fingerprint density at radius 1 is 1.22 bits per heavy atom. The van der Waals surface area contributed by atoms with Crippen molar-refractivity contribution in [1.82, 2.24) is 0 Å². The van der Waals surface area contributed by atoms with E-state index in [1.807, 2.05) is 39.8 Å². The van der Waals surface area contributed by atoms with Crippen LogP contribution in [0.5, 0.6) is 0 Å². The average molecular weight is 443 g/mol. The van der Waals surface area contributed by atoms with E-state index in [1.54, 1.807) is 6.08 Å². The minimum atomic E-state index is -1.25. The summed E-state index contributed by atoms with van der Waals surface area (Å²) in [4.78, 5) is 38.0. The summed E-state index contributed by atoms with van der Waals surface area (Å²) in [6.07, 6.45) is 8.33. The van der Waals surface area contributed by atoms with Crippen LogP contribution in [-0.2, 0) is 23.9 Å². The Kier molecular flexibility index (Phi) is 4.33. The summed E-state index contributed by atoms with van der Waals surface area (Å²) in [6, 6.07) is 0. The van der Waals surface area contributed by atoms with Gasteiger partial charge in [-0.1, -0.05) is 13.0 Å². The zero-order chi connectivity index (χ0) is 23.3. The number of rotatable bonds is 2. The zero-order valence-corrected chi connectivity index (χ0v) is 19.7. The fourth-order valence-electron chi connectivity index (χ4n) is 7.72. The number of allylic oxidation sites excluding steroid dienone is 2. The van der Waals surface area contributed by atoms with Crippen LogP contribution < -0.4 is 0 Å². The third-order valence-electron chi connectivity index (χ3n) is 9.50. The number of carbonyl (C=O) groups excluding carboxylic acids is 3. The molecule has 1 saturated heterocycles. The smallest absolute Gasteiger partial charge is 0.318 e. The molecule has 4 aliphatic carbocycles. The Balaban J connectivity index is 1.54. The first-order valence-electron chi connectivity index (χ1n) is 11.9. The highest BCUT2D eigenvalue weighted by molar-refractivity contribution is 5.98. The first-order chi connectivity index (χ1) is 14.8. The number of fused-ring (bicyclic) bond motifs is 1. The molecular formula is C26H34O6. The minimum Gasteiger partial charge on any atom is -0.462 e. The third-order valence-corrected chi connectivity index (χ3v) is 9.50. The van der Waals surface area contributed by atoms with Crippen LogP contribution in [-0.4, -0.2) is 40.1 Å². The largest absolute Gasteiger partial charge is 0.462 e. The lowest BCUT2D eigenvalue weighted by molar-refractivity contribution is -0.232. The predicted octanol–water partition coefficient (Wildman–Crippen LogP) is 3.66. The third kappa shape index (κ3) is 2.37. The van der Waals surface area contributed by atoms with E-state index in [9.17, 15) is 19.5 Å². The SMILES string of the molecule is C[C@H](OC(=O)C(C)(C)C)[C@H]1CC[C@@]2(O)[C@@]34C=CC5=CC(=O)CC[C@]5(C(=O)O3)C4CC[C@]12C. The maximum absolute atomic E-state index is 13.4. The second kappa shape index (κ2) is 6.34. The summed E-state index contributed by atoms with van der Waals surface area (Å²) >= 11 is 0. The molecule has 2 bridgehead atoms. The molecule has 0 aromatic rings. The highest BCUT2D eigenvalue weighted by Crippen LogP contribution is 2.73. The number of esters is 2. The molecule has 32 heavy (non-hydrogen) atoms. The van der Waals surface area contributed by atoms with Gasteiger partial charge < -0.3 is 14.6 Å². The van der Waals surface area contributed by atoms with Gasteiger partial charge in [0.05, 0.1) is 5.41 Å². The van der Waals surface area contributed by atoms with Crippen LogP contribution >= 0.6 is 0 Å². The molecule has 5 aliphatic rings. The highest BCUT2D eigenvalue weighted by Gasteiger charge is 2.80. The minimum absolute atomic E-state index is 0.0391. The van der Waals surface area contributed by atoms with Gasteiger partial charge in [0.25, 0.3) is 0 Å². The molecule has 1 unspecified atom stereocenters. The fraction of sp³-hybridized carbons (Fsp3) is 0.731. The van der Waals surface area contributed by atoms with Crippen molar-refractivity contribution in [2.75, 3.05) is 0 Å². The van der Waals surface area contributed by atoms with Gasteiger partial charge in [0, 0.05) is 23.7 Å². The second-order valence-electron chi connectivity index (χ2n) is 11.9. The molecule has 5 rings (SSSR count). The molecular weight excluding hydrogens is 408 g/mol. The van der Waals surface area contributed by atoms with E-state index in [0.29, 0.717) is 32.1 Å². The van der Waals surface area contributed by atoms with Crippen molar-refractivity contribution in [2.24, 2.45) is 28.1 Å². The van der Waals surface area contributed by atoms with Crippen molar-refractivity contribution in [1.29, 1.82) is 0 Å². The van der Waals surface area contributed by atoms with Gasteiger partial charge >= 0.3 is 11.9 Å². The quantitative estimate of drug-likeness (QED) is 0.657. The van der Waals surface area contributed by atoms with Crippen LogP contribution in [0.25, 0.3) is 0 Å². The zero-order valence-electron chi connectivity index (χ0n) is 19.7. The van der Waals surface area contributed by atoms with Crippen LogP contribution in [0.1, 0.15) is 73.1 Å². The molecule has 0 radical (unpaired) electrons. The van der Waals surface area contributed by atoms with Gasteiger partial charge in [-0.3, -0.25) is 14.4 Å². The van der Waals surface area contributed by atoms with Crippen molar-refractivity contribution < 1.29 is 29.0 Å². The van der Waals surface area contributed by atoms with Crippen LogP contribution in [0.3, 0.4) is 0 Å². The lowest BCUT2D eigenvalue weighted by atomic mass is 9.46. The van der Waals surface area contributed by atoms with E-state index in [4.69, 9.17) is 9.47 Å². The monoisotopic (exact) mass is 442 g/mol. The molecule has 7 atom stereocenters. The molecule has 0 amide bonds. The first-order valence-corrected chi connectivity index (χ1v) is 11.9. The van der Waals surface area contributed by atoms with Crippen molar-refractivity contribution in [3.8, 4) is 0 Å². The number of aliphatic hydroxyl groups is 1. The standard InChI is InChI=1S/C26H34O6/c1-15(31-20(28)22(2,3)4)18-8-13-26(30)23(18,5)10-9-19-24-11-7-17(27)14-16(24)6-12-25(19,26)32-21(24)29/h6,12,14-15,18-19,30H,7-11,13H2,1-5H3/t15-,18+,19?,23+,24+,25-,26-/m0/s1. The van der Waals surface area contributed by atoms with Gasteiger partial charge in [-0.25, -0.2) is 0 Å². The molecule has 1 aliphatic heterocycles. The molecule has 0 aromatic carbocycles. The number of ether oxygens (including phenoxy) is 2. The van der Waals surface area contributed by atoms with Crippen LogP contribution in [0.2, 0.25) is 0 Å². The Bertz CT molecular complexity index is 971. The summed E-state index contributed by atoms with van der Waals surface area (Å²) < 4.78 is 12.0. The van der Waals surface area contributed by atoms with Gasteiger partial charge in [-0.2, -0.15) is 0 Å². The van der Waals surface area contributed by atoms with Crippen LogP contribution in [0, 0.1) is 28.1 Å². The van der Waals surface area contributed by atoms with Gasteiger partial charge in [-0.15, -0.1) is 0 Å². The number of carbonyl (C=O) groups is 3. The van der Waals surface area contributed by atoms with Gasteiger partial charge in [0.15, 0.2) is 11.4 Å². The first kappa shape index (κ1) is 21.9. The predicted molar refractivity (Wildman–Crippen MR) is 116 cm³/mol. The fourth-order valence-corrected chi connectivity index (χ4v) is 7.72. The van der Waals surface area contributed by atoms with Crippen molar-refractivity contribution in [3.05, 3.63) is 23.8 Å². The number of hydrogen-bond donors (Lipinski definition) is 1. The average Bonchev–Trinajstić information content (AvgIpc) is 3.07. The maximum atomic E-state index is 13.4. The lowest BCUT2D eigenvalue weighted by Crippen LogP contribution is -2.68. The van der Waals surface area contributed by atoms with E-state index < -0.39 is 27.4 Å². The lowest BCUT2D eigenvalue weighted by Gasteiger charge is -2.59. The summed E-state index contributed by atoms with van der Waals surface area (Å²) in [5.74, 6) is -0.739. The Labute approximate surface area is 189 Å². The Morgan fingerprint density at radius 3 is 2.62 bits per heavy atom. The highest BCUT2D eigenvalue weighted by atomic mass is 16.6. The van der Waals surface area contributed by atoms with E-state index >= 15 is 0 Å². The molecule has 2 saturated carbocycles. The van der Waals surface area contributed by atoms with E-state index in [-0.39, 0.29) is 35.7 Å². The normalized spacial score (nSPS) is 45.4. The molecule has 1 heterocycles. The van der Waals surface area contributed by atoms with Gasteiger partial charge in [0.1, 0.15) is 17.1 Å². The van der Waals surface area contributed by atoms with E-state index in [0.717, 1.165) is 12.0 Å². The molecule has 6 nitrogen and oxygen atoms in total. The number of hydrogen-bond acceptors (Lipinski definition) is 6. The molecule has 174 valence electrons. The molecule has 1 spiro atoms. The summed E-state index contributed by atoms with van der Waals surface area (Å²) in [5.41, 5.74) is -3.60. The van der Waals surface area contributed by atoms with Gasteiger partial charge in [0.2, 0.25) is 0 Å². The van der Waals surface area contributed by atoms with E-state index in [1.165, 1.54) is 0 Å². The molecule has 0 aromatic heterocycles. The molecule has 1 N–H and O–H groups in total. The van der Waals surface area contributed by atoms with Crippen molar-refractivity contribution in [3.63, 3.8) is 0 Å². The number of ketones is 1. The summed E-state index contributed by atoms with van der Waals surface area (Å²) in [7, 11) is 0. The second-order valence-corrected chi connectivity index (χ2v) is 11.9. The molecule has 6 heteroatoms. The maximum Gasteiger partial charge on any atom is 0.318 e. The van der Waals surface area contributed by atoms with Crippen LogP contribution in [0.15, 0.2) is 23.8 Å². The van der Waals surface area contributed by atoms with E-state index in [2.05, 4.69) is 6.92 Å².